The highest BCUT2D eigenvalue weighted by molar-refractivity contribution is 5.70. The largest absolute Gasteiger partial charge is 0.545 e. The van der Waals surface area contributed by atoms with Crippen LogP contribution in [0.15, 0.2) is 97.2 Å². The first-order valence-corrected chi connectivity index (χ1v) is 43.4. The molecule has 0 saturated carbocycles. The number of carbonyl (C=O) groups excluding carboxylic acids is 3. The summed E-state index contributed by atoms with van der Waals surface area (Å²) in [6, 6.07) is 0. The van der Waals surface area contributed by atoms with Gasteiger partial charge in [0.15, 0.2) is 12.4 Å². The van der Waals surface area contributed by atoms with Crippen molar-refractivity contribution >= 4 is 17.9 Å². The van der Waals surface area contributed by atoms with Gasteiger partial charge in [0.2, 0.25) is 0 Å². The van der Waals surface area contributed by atoms with Gasteiger partial charge in [0.05, 0.1) is 40.3 Å². The standard InChI is InChI=1S/C92H165NO8/c1-6-8-10-12-14-16-18-20-22-24-26-28-30-32-34-36-38-40-42-43-44-45-46-47-49-50-52-54-56-58-60-62-64-66-68-70-72-74-76-78-80-82-89(94)99-86-88(87-100-92(91(96)97)98-85-84-93(3,4)5)101-90(95)83-81-79-77-75-73-71-69-67-65-63-61-59-57-55-53-51-48-41-39-37-35-33-31-29-27-25-23-21-19-17-15-13-11-9-7-2/h9,11,15,17,21,23-24,26-27,29,33,35,39,41,51,53,88,92H,6-8,10,12-14,16,18-20,22,25,28,30-32,34,36-38,40,42-50,52,54-87H2,1-5H3/b11-9-,17-15-,23-21-,26-24-,29-27-,35-33-,41-39-,53-51-. The molecule has 0 radical (unpaired) electrons. The summed E-state index contributed by atoms with van der Waals surface area (Å²) in [6.45, 7) is 4.69. The highest BCUT2D eigenvalue weighted by Crippen LogP contribution is 2.20. The molecule has 0 saturated heterocycles. The van der Waals surface area contributed by atoms with Gasteiger partial charge in [0, 0.05) is 12.8 Å². The van der Waals surface area contributed by atoms with Crippen molar-refractivity contribution in [1.29, 1.82) is 0 Å². The van der Waals surface area contributed by atoms with Gasteiger partial charge in [0.25, 0.3) is 0 Å². The van der Waals surface area contributed by atoms with Crippen LogP contribution in [0.3, 0.4) is 0 Å². The fourth-order valence-electron chi connectivity index (χ4n) is 12.8. The number of aliphatic carboxylic acids is 1. The maximum atomic E-state index is 13.0. The number of carboxylic acid groups (broad SMARTS) is 1. The number of unbranched alkanes of at least 4 members (excludes halogenated alkanes) is 50. The first-order valence-electron chi connectivity index (χ1n) is 43.4. The van der Waals surface area contributed by atoms with E-state index in [4.69, 9.17) is 18.9 Å². The summed E-state index contributed by atoms with van der Waals surface area (Å²) in [5.41, 5.74) is 0. The Morgan fingerprint density at radius 2 is 0.564 bits per heavy atom. The molecule has 9 nitrogen and oxygen atoms in total. The van der Waals surface area contributed by atoms with Crippen molar-refractivity contribution in [3.8, 4) is 0 Å². The van der Waals surface area contributed by atoms with Crippen LogP contribution in [0.25, 0.3) is 0 Å². The summed E-state index contributed by atoms with van der Waals surface area (Å²) in [5, 5.41) is 11.9. The van der Waals surface area contributed by atoms with Crippen LogP contribution in [0.5, 0.6) is 0 Å². The Labute approximate surface area is 626 Å². The molecule has 586 valence electrons. The van der Waals surface area contributed by atoms with E-state index in [1.165, 1.54) is 295 Å². The fourth-order valence-corrected chi connectivity index (χ4v) is 12.8. The molecule has 0 fully saturated rings. The van der Waals surface area contributed by atoms with Crippen molar-refractivity contribution in [1.82, 2.24) is 0 Å². The third-order valence-corrected chi connectivity index (χ3v) is 19.3. The lowest BCUT2D eigenvalue weighted by molar-refractivity contribution is -0.870. The number of carboxylic acids is 1. The predicted molar refractivity (Wildman–Crippen MR) is 435 cm³/mol. The van der Waals surface area contributed by atoms with Gasteiger partial charge in [-0.1, -0.05) is 400 Å². The molecule has 2 atom stereocenters. The topological polar surface area (TPSA) is 111 Å². The zero-order valence-corrected chi connectivity index (χ0v) is 67.3. The third kappa shape index (κ3) is 83.4. The molecule has 0 aliphatic carbocycles. The normalized spacial score (nSPS) is 13.1. The molecule has 0 aliphatic rings. The molecular formula is C92H165NO8. The van der Waals surface area contributed by atoms with E-state index in [1.54, 1.807) is 0 Å². The average molecular weight is 1410 g/mol. The first-order chi connectivity index (χ1) is 49.6. The minimum absolute atomic E-state index is 0.146. The number of rotatable bonds is 81. The summed E-state index contributed by atoms with van der Waals surface area (Å²) in [7, 11) is 5.95. The molecule has 0 aromatic carbocycles. The molecule has 0 aromatic heterocycles. The number of nitrogens with zero attached hydrogens (tertiary/aromatic N) is 1. The Hall–Kier alpha value is -3.79. The van der Waals surface area contributed by atoms with Crippen LogP contribution in [-0.2, 0) is 33.3 Å². The number of quaternary nitrogens is 1. The van der Waals surface area contributed by atoms with Gasteiger partial charge in [-0.2, -0.15) is 0 Å². The highest BCUT2D eigenvalue weighted by Gasteiger charge is 2.22. The number of hydrogen-bond donors (Lipinski definition) is 0. The van der Waals surface area contributed by atoms with Crippen LogP contribution in [0, 0.1) is 0 Å². The molecule has 9 heteroatoms. The second-order valence-electron chi connectivity index (χ2n) is 30.4. The molecule has 0 bridgehead atoms. The third-order valence-electron chi connectivity index (χ3n) is 19.3. The van der Waals surface area contributed by atoms with E-state index in [1.807, 2.05) is 21.1 Å². The number of hydrogen-bond acceptors (Lipinski definition) is 8. The second-order valence-corrected chi connectivity index (χ2v) is 30.4. The van der Waals surface area contributed by atoms with Crippen LogP contribution in [0.1, 0.15) is 412 Å². The molecule has 0 rings (SSSR count). The summed E-state index contributed by atoms with van der Waals surface area (Å²) < 4.78 is 22.9. The van der Waals surface area contributed by atoms with Crippen molar-refractivity contribution in [3.63, 3.8) is 0 Å². The second kappa shape index (κ2) is 81.9. The number of carbonyl (C=O) groups is 3. The molecule has 101 heavy (non-hydrogen) atoms. The number of ether oxygens (including phenoxy) is 4. The molecule has 0 aromatic rings. The van der Waals surface area contributed by atoms with Crippen LogP contribution in [0.4, 0.5) is 0 Å². The monoisotopic (exact) mass is 1410 g/mol. The zero-order valence-electron chi connectivity index (χ0n) is 67.3. The van der Waals surface area contributed by atoms with Gasteiger partial charge >= 0.3 is 11.9 Å². The molecular weight excluding hydrogens is 1250 g/mol. The Balaban J connectivity index is 3.95. The molecule has 0 amide bonds. The molecule has 0 heterocycles. The van der Waals surface area contributed by atoms with Crippen molar-refractivity contribution in [2.75, 3.05) is 47.5 Å². The SMILES string of the molecule is CC/C=C\C/C=C\C/C=C\C/C=C\C/C=C\C/C=C\C/C=C\CCCCCCCCCCCCCCCC(=O)OC(COC(=O)CCCCCCCCCCCCCCCCCCCCCCCCCCCCCCC/C=C\CCCCCCCCCC)COC(OCC[N+](C)(C)C)C(=O)[O-]. The predicted octanol–water partition coefficient (Wildman–Crippen LogP) is 26.9. The number of likely N-dealkylation sites (N-methyl/N-ethyl adjacent to an activating group) is 1. The summed E-state index contributed by atoms with van der Waals surface area (Å²) >= 11 is 0. The van der Waals surface area contributed by atoms with Crippen LogP contribution < -0.4 is 5.11 Å². The number of esters is 2. The molecule has 2 unspecified atom stereocenters. The lowest BCUT2D eigenvalue weighted by atomic mass is 10.0. The van der Waals surface area contributed by atoms with Gasteiger partial charge in [-0.15, -0.1) is 0 Å². The van der Waals surface area contributed by atoms with E-state index in [-0.39, 0.29) is 32.2 Å². The van der Waals surface area contributed by atoms with E-state index in [0.717, 1.165) is 83.5 Å². The maximum absolute atomic E-state index is 13.0. The van der Waals surface area contributed by atoms with Gasteiger partial charge in [0.1, 0.15) is 13.2 Å². The van der Waals surface area contributed by atoms with Crippen molar-refractivity contribution in [3.05, 3.63) is 97.2 Å². The van der Waals surface area contributed by atoms with Crippen LogP contribution in [-0.4, -0.2) is 82.3 Å². The molecule has 0 N–H and O–H groups in total. The Morgan fingerprint density at radius 1 is 0.307 bits per heavy atom. The van der Waals surface area contributed by atoms with E-state index in [2.05, 4.69) is 111 Å². The molecule has 0 aliphatic heterocycles. The summed E-state index contributed by atoms with van der Waals surface area (Å²) in [4.78, 5) is 37.7. The fraction of sp³-hybridized carbons (Fsp3) is 0.793. The zero-order chi connectivity index (χ0) is 73.2. The van der Waals surface area contributed by atoms with E-state index < -0.39 is 24.3 Å². The van der Waals surface area contributed by atoms with Gasteiger partial charge < -0.3 is 33.3 Å². The number of allylic oxidation sites excluding steroid dienone is 16. The van der Waals surface area contributed by atoms with Gasteiger partial charge in [-0.05, 0) is 96.3 Å². The lowest BCUT2D eigenvalue weighted by Gasteiger charge is -2.26. The Morgan fingerprint density at radius 3 is 0.851 bits per heavy atom. The summed E-state index contributed by atoms with van der Waals surface area (Å²) in [6.07, 6.45) is 111. The van der Waals surface area contributed by atoms with Crippen molar-refractivity contribution < 1.29 is 42.9 Å². The van der Waals surface area contributed by atoms with Crippen LogP contribution >= 0.6 is 0 Å². The minimum atomic E-state index is -1.63. The first kappa shape index (κ1) is 97.2. The minimum Gasteiger partial charge on any atom is -0.545 e. The lowest BCUT2D eigenvalue weighted by Crippen LogP contribution is -2.44. The quantitative estimate of drug-likeness (QED) is 0.0195. The summed E-state index contributed by atoms with van der Waals surface area (Å²) in [5.74, 6) is -2.26. The van der Waals surface area contributed by atoms with E-state index >= 15 is 0 Å². The van der Waals surface area contributed by atoms with Crippen molar-refractivity contribution in [2.24, 2.45) is 0 Å². The highest BCUT2D eigenvalue weighted by atomic mass is 16.7. The Kier molecular flexibility index (Phi) is 78.8. The van der Waals surface area contributed by atoms with Crippen LogP contribution in [0.2, 0.25) is 0 Å². The van der Waals surface area contributed by atoms with Crippen molar-refractivity contribution in [2.45, 2.75) is 424 Å². The molecule has 0 spiro atoms. The van der Waals surface area contributed by atoms with E-state index in [0.29, 0.717) is 23.9 Å². The Bertz CT molecular complexity index is 1990. The van der Waals surface area contributed by atoms with E-state index in [9.17, 15) is 19.5 Å². The van der Waals surface area contributed by atoms with Gasteiger partial charge in [-0.25, -0.2) is 0 Å². The average Bonchev–Trinajstić information content (AvgIpc) is 1.25. The smallest absolute Gasteiger partial charge is 0.306 e. The van der Waals surface area contributed by atoms with Gasteiger partial charge in [-0.3, -0.25) is 9.59 Å². The maximum Gasteiger partial charge on any atom is 0.306 e.